The highest BCUT2D eigenvalue weighted by Gasteiger charge is 2.53. The Kier molecular flexibility index (Phi) is 2.49. The van der Waals surface area contributed by atoms with Gasteiger partial charge in [-0.05, 0) is 48.8 Å². The fourth-order valence-electron chi connectivity index (χ4n) is 4.19. The lowest BCUT2D eigenvalue weighted by Gasteiger charge is -2.37. The SMILES string of the molecule is O=S1(=O)C2CCC1CC(O)(c1cccc3c1CC=C3)C2. The van der Waals surface area contributed by atoms with Crippen molar-refractivity contribution in [3.05, 3.63) is 41.0 Å². The molecule has 2 atom stereocenters. The van der Waals surface area contributed by atoms with Crippen molar-refractivity contribution in [3.8, 4) is 0 Å². The molecule has 2 heterocycles. The summed E-state index contributed by atoms with van der Waals surface area (Å²) >= 11 is 0. The van der Waals surface area contributed by atoms with E-state index < -0.39 is 15.4 Å². The van der Waals surface area contributed by atoms with Crippen molar-refractivity contribution in [3.63, 3.8) is 0 Å². The normalized spacial score (nSPS) is 37.0. The highest BCUT2D eigenvalue weighted by atomic mass is 32.2. The summed E-state index contributed by atoms with van der Waals surface area (Å²) in [6, 6.07) is 6.00. The van der Waals surface area contributed by atoms with Crippen LogP contribution in [0.2, 0.25) is 0 Å². The smallest absolute Gasteiger partial charge is 0.156 e. The minimum atomic E-state index is -3.00. The Bertz CT molecular complexity index is 682. The van der Waals surface area contributed by atoms with E-state index >= 15 is 0 Å². The molecule has 0 spiro atoms. The van der Waals surface area contributed by atoms with E-state index in [4.69, 9.17) is 0 Å². The number of aliphatic hydroxyl groups is 1. The van der Waals surface area contributed by atoms with Gasteiger partial charge in [0.25, 0.3) is 0 Å². The Labute approximate surface area is 119 Å². The molecular formula is C16H18O3S. The Balaban J connectivity index is 1.79. The first kappa shape index (κ1) is 12.6. The number of hydrogen-bond acceptors (Lipinski definition) is 3. The van der Waals surface area contributed by atoms with Crippen molar-refractivity contribution in [1.82, 2.24) is 0 Å². The molecule has 0 radical (unpaired) electrons. The van der Waals surface area contributed by atoms with Gasteiger partial charge in [-0.25, -0.2) is 8.42 Å². The third kappa shape index (κ3) is 1.58. The number of benzene rings is 1. The Morgan fingerprint density at radius 1 is 1.15 bits per heavy atom. The molecule has 0 saturated carbocycles. The van der Waals surface area contributed by atoms with Crippen LogP contribution in [0.4, 0.5) is 0 Å². The van der Waals surface area contributed by atoms with Crippen LogP contribution in [0.25, 0.3) is 6.08 Å². The standard InChI is InChI=1S/C16H18O3S/c17-16(9-12-7-8-13(10-16)20(12,18)19)15-6-2-4-11-3-1-5-14(11)15/h1-4,6,12-13,17H,5,7-10H2. The summed E-state index contributed by atoms with van der Waals surface area (Å²) in [6.45, 7) is 0. The molecule has 1 aromatic carbocycles. The maximum absolute atomic E-state index is 12.2. The average molecular weight is 290 g/mol. The van der Waals surface area contributed by atoms with E-state index in [2.05, 4.69) is 18.2 Å². The Morgan fingerprint density at radius 3 is 2.55 bits per heavy atom. The molecule has 4 heteroatoms. The molecule has 20 heavy (non-hydrogen) atoms. The third-order valence-electron chi connectivity index (χ3n) is 5.20. The Morgan fingerprint density at radius 2 is 1.85 bits per heavy atom. The minimum Gasteiger partial charge on any atom is -0.385 e. The summed E-state index contributed by atoms with van der Waals surface area (Å²) in [5.41, 5.74) is 2.33. The highest BCUT2D eigenvalue weighted by Crippen LogP contribution is 2.49. The molecule has 4 rings (SSSR count). The predicted molar refractivity (Wildman–Crippen MR) is 78.0 cm³/mol. The van der Waals surface area contributed by atoms with Crippen LogP contribution < -0.4 is 0 Å². The van der Waals surface area contributed by atoms with Gasteiger partial charge in [0.2, 0.25) is 0 Å². The summed E-state index contributed by atoms with van der Waals surface area (Å²) < 4.78 is 24.4. The van der Waals surface area contributed by atoms with Crippen LogP contribution in [-0.4, -0.2) is 24.0 Å². The highest BCUT2D eigenvalue weighted by molar-refractivity contribution is 7.93. The molecule has 3 aliphatic rings. The summed E-state index contributed by atoms with van der Waals surface area (Å²) in [5, 5.41) is 10.4. The zero-order valence-corrected chi connectivity index (χ0v) is 12.1. The summed E-state index contributed by atoms with van der Waals surface area (Å²) in [5.74, 6) is 0. The average Bonchev–Trinajstić information content (AvgIpc) is 2.91. The maximum Gasteiger partial charge on any atom is 0.156 e. The Hall–Kier alpha value is -1.13. The van der Waals surface area contributed by atoms with Gasteiger partial charge in [-0.1, -0.05) is 30.4 Å². The number of allylic oxidation sites excluding steroid dienone is 1. The van der Waals surface area contributed by atoms with Gasteiger partial charge in [-0.2, -0.15) is 0 Å². The number of rotatable bonds is 1. The molecule has 1 N–H and O–H groups in total. The molecule has 2 aliphatic heterocycles. The van der Waals surface area contributed by atoms with Gasteiger partial charge < -0.3 is 5.11 Å². The number of fused-ring (bicyclic) bond motifs is 3. The fraction of sp³-hybridized carbons (Fsp3) is 0.500. The monoisotopic (exact) mass is 290 g/mol. The van der Waals surface area contributed by atoms with Crippen LogP contribution in [0.1, 0.15) is 42.4 Å². The first-order valence-electron chi connectivity index (χ1n) is 7.25. The van der Waals surface area contributed by atoms with Gasteiger partial charge in [0, 0.05) is 0 Å². The lowest BCUT2D eigenvalue weighted by molar-refractivity contribution is 0.0166. The lowest BCUT2D eigenvalue weighted by atomic mass is 9.82. The van der Waals surface area contributed by atoms with Crippen molar-refractivity contribution in [1.29, 1.82) is 0 Å². The zero-order valence-electron chi connectivity index (χ0n) is 11.2. The topological polar surface area (TPSA) is 54.4 Å². The third-order valence-corrected chi connectivity index (χ3v) is 7.87. The zero-order chi connectivity index (χ0) is 14.0. The second-order valence-electron chi connectivity index (χ2n) is 6.33. The second kappa shape index (κ2) is 3.95. The van der Waals surface area contributed by atoms with E-state index in [-0.39, 0.29) is 10.5 Å². The molecule has 2 bridgehead atoms. The van der Waals surface area contributed by atoms with Gasteiger partial charge in [-0.3, -0.25) is 0 Å². The quantitative estimate of drug-likeness (QED) is 0.862. The molecule has 0 aromatic heterocycles. The summed E-state index contributed by atoms with van der Waals surface area (Å²) in [4.78, 5) is 0. The number of hydrogen-bond donors (Lipinski definition) is 1. The molecular weight excluding hydrogens is 272 g/mol. The predicted octanol–water partition coefficient (Wildman–Crippen LogP) is 2.18. The van der Waals surface area contributed by atoms with E-state index in [1.165, 1.54) is 5.56 Å². The van der Waals surface area contributed by atoms with Crippen LogP contribution in [-0.2, 0) is 21.9 Å². The lowest BCUT2D eigenvalue weighted by Crippen LogP contribution is -2.43. The van der Waals surface area contributed by atoms with E-state index in [9.17, 15) is 13.5 Å². The molecule has 106 valence electrons. The van der Waals surface area contributed by atoms with Gasteiger partial charge in [0.15, 0.2) is 9.84 Å². The van der Waals surface area contributed by atoms with Crippen LogP contribution in [0, 0.1) is 0 Å². The molecule has 0 amide bonds. The number of sulfone groups is 1. The summed E-state index contributed by atoms with van der Waals surface area (Å²) in [6.07, 6.45) is 7.17. The molecule has 1 aromatic rings. The van der Waals surface area contributed by atoms with Gasteiger partial charge in [0.1, 0.15) is 0 Å². The van der Waals surface area contributed by atoms with Crippen molar-refractivity contribution in [2.45, 2.75) is 48.2 Å². The van der Waals surface area contributed by atoms with Crippen molar-refractivity contribution in [2.24, 2.45) is 0 Å². The maximum atomic E-state index is 12.2. The first-order valence-corrected chi connectivity index (χ1v) is 8.86. The first-order chi connectivity index (χ1) is 9.51. The molecule has 3 nitrogen and oxygen atoms in total. The van der Waals surface area contributed by atoms with Crippen molar-refractivity contribution >= 4 is 15.9 Å². The minimum absolute atomic E-state index is 0.350. The van der Waals surface area contributed by atoms with E-state index in [0.29, 0.717) is 25.7 Å². The van der Waals surface area contributed by atoms with Crippen LogP contribution in [0.15, 0.2) is 24.3 Å². The van der Waals surface area contributed by atoms with Gasteiger partial charge >= 0.3 is 0 Å². The fourth-order valence-corrected chi connectivity index (χ4v) is 6.68. The van der Waals surface area contributed by atoms with Crippen LogP contribution in [0.5, 0.6) is 0 Å². The largest absolute Gasteiger partial charge is 0.385 e. The van der Waals surface area contributed by atoms with Crippen LogP contribution in [0.3, 0.4) is 0 Å². The van der Waals surface area contributed by atoms with E-state index in [1.54, 1.807) is 0 Å². The van der Waals surface area contributed by atoms with Gasteiger partial charge in [0.05, 0.1) is 16.1 Å². The molecule has 2 saturated heterocycles. The van der Waals surface area contributed by atoms with E-state index in [0.717, 1.165) is 17.5 Å². The van der Waals surface area contributed by atoms with Crippen molar-refractivity contribution in [2.75, 3.05) is 0 Å². The molecule has 1 aliphatic carbocycles. The molecule has 2 fully saturated rings. The van der Waals surface area contributed by atoms with Crippen molar-refractivity contribution < 1.29 is 13.5 Å². The summed E-state index contributed by atoms with van der Waals surface area (Å²) in [7, 11) is -3.00. The van der Waals surface area contributed by atoms with Crippen LogP contribution >= 0.6 is 0 Å². The van der Waals surface area contributed by atoms with E-state index in [1.807, 2.05) is 12.1 Å². The van der Waals surface area contributed by atoms with Gasteiger partial charge in [-0.15, -0.1) is 0 Å². The second-order valence-corrected chi connectivity index (χ2v) is 8.84. The molecule has 2 unspecified atom stereocenters.